The first-order valence-electron chi connectivity index (χ1n) is 4.76. The van der Waals surface area contributed by atoms with E-state index in [2.05, 4.69) is 38.5 Å². The van der Waals surface area contributed by atoms with Crippen LogP contribution in [-0.2, 0) is 0 Å². The van der Waals surface area contributed by atoms with Gasteiger partial charge in [0.25, 0.3) is 5.91 Å². The first kappa shape index (κ1) is 14.3. The van der Waals surface area contributed by atoms with Crippen molar-refractivity contribution in [1.82, 2.24) is 4.90 Å². The molecule has 0 aromatic heterocycles. The fourth-order valence-electron chi connectivity index (χ4n) is 1.33. The Bertz CT molecular complexity index is 398. The highest BCUT2D eigenvalue weighted by molar-refractivity contribution is 14.1. The number of hydrogen-bond acceptors (Lipinski definition) is 1. The predicted molar refractivity (Wildman–Crippen MR) is 79.1 cm³/mol. The number of rotatable bonds is 3. The highest BCUT2D eigenvalue weighted by atomic mass is 127. The maximum atomic E-state index is 12.1. The monoisotopic (exact) mass is 415 g/mol. The van der Waals surface area contributed by atoms with Crippen LogP contribution >= 0.6 is 50.1 Å². The number of nitrogens with zero attached hydrogens (tertiary/aromatic N) is 1. The first-order chi connectivity index (χ1) is 7.41. The van der Waals surface area contributed by atoms with E-state index in [4.69, 9.17) is 11.6 Å². The van der Waals surface area contributed by atoms with Crippen LogP contribution in [0.2, 0.25) is 0 Å². The average molecular weight is 416 g/mol. The lowest BCUT2D eigenvalue weighted by atomic mass is 10.2. The number of carbonyl (C=O) groups excluding carboxylic acids is 1. The number of alkyl halides is 1. The Morgan fingerprint density at radius 3 is 2.81 bits per heavy atom. The standard InChI is InChI=1S/C11H12BrClINO/c1-7(13)6-15(2)11(16)9-5-8(14)3-4-10(9)12/h3-5,7H,6H2,1-2H3. The van der Waals surface area contributed by atoms with Gasteiger partial charge in [0.1, 0.15) is 0 Å². The summed E-state index contributed by atoms with van der Waals surface area (Å²) in [4.78, 5) is 13.7. The number of benzene rings is 1. The van der Waals surface area contributed by atoms with E-state index in [0.717, 1.165) is 8.04 Å². The van der Waals surface area contributed by atoms with Gasteiger partial charge in [0, 0.05) is 27.0 Å². The van der Waals surface area contributed by atoms with Crippen molar-refractivity contribution in [3.05, 3.63) is 31.8 Å². The summed E-state index contributed by atoms with van der Waals surface area (Å²) in [5.41, 5.74) is 0.673. The van der Waals surface area contributed by atoms with Gasteiger partial charge in [-0.15, -0.1) is 11.6 Å². The van der Waals surface area contributed by atoms with Crippen LogP contribution < -0.4 is 0 Å². The molecule has 0 saturated carbocycles. The Labute approximate surface area is 123 Å². The number of hydrogen-bond donors (Lipinski definition) is 0. The topological polar surface area (TPSA) is 20.3 Å². The third-order valence-corrected chi connectivity index (χ3v) is 3.53. The second-order valence-corrected chi connectivity index (χ2v) is 6.44. The van der Waals surface area contributed by atoms with E-state index < -0.39 is 0 Å². The fourth-order valence-corrected chi connectivity index (χ4v) is 2.44. The molecule has 0 fully saturated rings. The van der Waals surface area contributed by atoms with Gasteiger partial charge in [-0.05, 0) is 63.6 Å². The molecule has 5 heteroatoms. The molecule has 1 rings (SSSR count). The number of halogens is 3. The smallest absolute Gasteiger partial charge is 0.254 e. The normalized spacial score (nSPS) is 12.3. The van der Waals surface area contributed by atoms with E-state index in [1.165, 1.54) is 0 Å². The maximum Gasteiger partial charge on any atom is 0.254 e. The lowest BCUT2D eigenvalue weighted by molar-refractivity contribution is 0.0795. The molecule has 2 nitrogen and oxygen atoms in total. The van der Waals surface area contributed by atoms with Crippen molar-refractivity contribution in [3.8, 4) is 0 Å². The molecule has 0 radical (unpaired) electrons. The predicted octanol–water partition coefficient (Wildman–Crippen LogP) is 3.75. The van der Waals surface area contributed by atoms with Gasteiger partial charge >= 0.3 is 0 Å². The van der Waals surface area contributed by atoms with Crippen molar-refractivity contribution in [2.24, 2.45) is 0 Å². The summed E-state index contributed by atoms with van der Waals surface area (Å²) in [6, 6.07) is 5.70. The van der Waals surface area contributed by atoms with Gasteiger partial charge in [-0.3, -0.25) is 4.79 Å². The molecule has 0 aliphatic rings. The summed E-state index contributed by atoms with van der Waals surface area (Å²) in [6.45, 7) is 2.41. The molecule has 88 valence electrons. The van der Waals surface area contributed by atoms with E-state index in [-0.39, 0.29) is 11.3 Å². The third kappa shape index (κ3) is 3.89. The van der Waals surface area contributed by atoms with Crippen molar-refractivity contribution in [2.45, 2.75) is 12.3 Å². The van der Waals surface area contributed by atoms with Gasteiger partial charge in [0.15, 0.2) is 0 Å². The van der Waals surface area contributed by atoms with Crippen molar-refractivity contribution < 1.29 is 4.79 Å². The van der Waals surface area contributed by atoms with Gasteiger partial charge in [0.2, 0.25) is 0 Å². The van der Waals surface area contributed by atoms with Crippen LogP contribution in [0.4, 0.5) is 0 Å². The summed E-state index contributed by atoms with van der Waals surface area (Å²) in [7, 11) is 1.76. The Hall–Kier alpha value is 0.190. The van der Waals surface area contributed by atoms with Gasteiger partial charge < -0.3 is 4.90 Å². The zero-order chi connectivity index (χ0) is 12.3. The van der Waals surface area contributed by atoms with Crippen molar-refractivity contribution >= 4 is 56.0 Å². The van der Waals surface area contributed by atoms with E-state index in [1.54, 1.807) is 11.9 Å². The summed E-state index contributed by atoms with van der Waals surface area (Å²) in [6.07, 6.45) is 0. The molecular formula is C11H12BrClINO. The second-order valence-electron chi connectivity index (χ2n) is 3.59. The van der Waals surface area contributed by atoms with Crippen LogP contribution in [-0.4, -0.2) is 29.8 Å². The minimum atomic E-state index is -0.0458. The molecular weight excluding hydrogens is 404 g/mol. The highest BCUT2D eigenvalue weighted by Gasteiger charge is 2.16. The molecule has 0 bridgehead atoms. The van der Waals surface area contributed by atoms with Crippen LogP contribution in [0.1, 0.15) is 17.3 Å². The fraction of sp³-hybridized carbons (Fsp3) is 0.364. The minimum absolute atomic E-state index is 0.0158. The minimum Gasteiger partial charge on any atom is -0.340 e. The zero-order valence-corrected chi connectivity index (χ0v) is 13.5. The van der Waals surface area contributed by atoms with Crippen LogP contribution in [0.15, 0.2) is 22.7 Å². The quantitative estimate of drug-likeness (QED) is 0.543. The van der Waals surface area contributed by atoms with Crippen LogP contribution in [0.5, 0.6) is 0 Å². The number of carbonyl (C=O) groups is 1. The van der Waals surface area contributed by atoms with E-state index in [0.29, 0.717) is 12.1 Å². The van der Waals surface area contributed by atoms with E-state index in [1.807, 2.05) is 25.1 Å². The molecule has 1 aromatic rings. The molecule has 1 aromatic carbocycles. The molecule has 0 saturated heterocycles. The van der Waals surface area contributed by atoms with Crippen molar-refractivity contribution in [2.75, 3.05) is 13.6 Å². The molecule has 0 aliphatic heterocycles. The third-order valence-electron chi connectivity index (χ3n) is 2.03. The summed E-state index contributed by atoms with van der Waals surface area (Å²) < 4.78 is 1.85. The van der Waals surface area contributed by atoms with Crippen molar-refractivity contribution in [1.29, 1.82) is 0 Å². The molecule has 1 unspecified atom stereocenters. The Balaban J connectivity index is 2.91. The summed E-state index contributed by atoms with van der Waals surface area (Å²) in [5.74, 6) is -0.0158. The SMILES string of the molecule is CC(Cl)CN(C)C(=O)c1cc(I)ccc1Br. The van der Waals surface area contributed by atoms with Gasteiger partial charge in [0.05, 0.1) is 5.56 Å². The van der Waals surface area contributed by atoms with Gasteiger partial charge in [-0.2, -0.15) is 0 Å². The summed E-state index contributed by atoms with van der Waals surface area (Å²) in [5, 5.41) is -0.0458. The molecule has 1 amide bonds. The molecule has 0 N–H and O–H groups in total. The van der Waals surface area contributed by atoms with Crippen LogP contribution in [0.3, 0.4) is 0 Å². The molecule has 1 atom stereocenters. The lowest BCUT2D eigenvalue weighted by Crippen LogP contribution is -2.31. The highest BCUT2D eigenvalue weighted by Crippen LogP contribution is 2.21. The average Bonchev–Trinajstić information content (AvgIpc) is 2.19. The van der Waals surface area contributed by atoms with Gasteiger partial charge in [-0.1, -0.05) is 0 Å². The zero-order valence-electron chi connectivity index (χ0n) is 9.01. The molecule has 0 spiro atoms. The van der Waals surface area contributed by atoms with Crippen LogP contribution in [0, 0.1) is 3.57 Å². The van der Waals surface area contributed by atoms with Crippen LogP contribution in [0.25, 0.3) is 0 Å². The van der Waals surface area contributed by atoms with E-state index in [9.17, 15) is 4.79 Å². The Morgan fingerprint density at radius 2 is 2.25 bits per heavy atom. The molecule has 0 aliphatic carbocycles. The van der Waals surface area contributed by atoms with Gasteiger partial charge in [-0.25, -0.2) is 0 Å². The lowest BCUT2D eigenvalue weighted by Gasteiger charge is -2.19. The molecule has 0 heterocycles. The number of amides is 1. The Kier molecular flexibility index (Phi) is 5.53. The van der Waals surface area contributed by atoms with E-state index >= 15 is 0 Å². The Morgan fingerprint density at radius 1 is 1.62 bits per heavy atom. The largest absolute Gasteiger partial charge is 0.340 e. The first-order valence-corrected chi connectivity index (χ1v) is 7.07. The van der Waals surface area contributed by atoms with Crippen molar-refractivity contribution in [3.63, 3.8) is 0 Å². The molecule has 16 heavy (non-hydrogen) atoms. The summed E-state index contributed by atoms with van der Waals surface area (Å²) >= 11 is 11.4. The maximum absolute atomic E-state index is 12.1. The second kappa shape index (κ2) is 6.21.